The average Bonchev–Trinajstić information content (AvgIpc) is 2.46. The first-order chi connectivity index (χ1) is 11.1. The lowest BCUT2D eigenvalue weighted by atomic mass is 9.87. The zero-order chi connectivity index (χ0) is 18.4. The van der Waals surface area contributed by atoms with E-state index >= 15 is 0 Å². The van der Waals surface area contributed by atoms with Crippen molar-refractivity contribution in [2.24, 2.45) is 4.99 Å². The lowest BCUT2D eigenvalue weighted by Gasteiger charge is -2.19. The van der Waals surface area contributed by atoms with E-state index in [4.69, 9.17) is 0 Å². The molecule has 0 aliphatic heterocycles. The maximum Gasteiger partial charge on any atom is 0.191 e. The first-order valence-electron chi connectivity index (χ1n) is 8.44. The normalized spacial score (nSPS) is 13.2. The van der Waals surface area contributed by atoms with Crippen LogP contribution in [0.15, 0.2) is 34.2 Å². The summed E-state index contributed by atoms with van der Waals surface area (Å²) in [5.41, 5.74) is 1.13. The molecule has 24 heavy (non-hydrogen) atoms. The average molecular weight is 354 g/mol. The Balaban J connectivity index is 2.79. The van der Waals surface area contributed by atoms with Gasteiger partial charge in [-0.25, -0.2) is 8.42 Å². The van der Waals surface area contributed by atoms with Gasteiger partial charge in [-0.2, -0.15) is 0 Å². The Bertz CT molecular complexity index is 642. The van der Waals surface area contributed by atoms with Gasteiger partial charge in [0.05, 0.1) is 17.2 Å². The highest BCUT2D eigenvalue weighted by Crippen LogP contribution is 2.23. The van der Waals surface area contributed by atoms with Crippen LogP contribution in [0, 0.1) is 0 Å². The highest BCUT2D eigenvalue weighted by molar-refractivity contribution is 7.91. The molecule has 0 unspecified atom stereocenters. The topological polar surface area (TPSA) is 70.6 Å². The molecule has 0 atom stereocenters. The van der Waals surface area contributed by atoms with Crippen molar-refractivity contribution in [3.8, 4) is 0 Å². The summed E-state index contributed by atoms with van der Waals surface area (Å²) < 4.78 is 24.9. The molecule has 0 spiro atoms. The molecule has 0 heterocycles. The third-order valence-corrected chi connectivity index (χ3v) is 5.19. The molecule has 5 nitrogen and oxygen atoms in total. The van der Waals surface area contributed by atoms with E-state index in [2.05, 4.69) is 36.4 Å². The van der Waals surface area contributed by atoms with Crippen LogP contribution in [-0.2, 0) is 15.3 Å². The van der Waals surface area contributed by atoms with Crippen LogP contribution in [0.5, 0.6) is 0 Å². The first-order valence-corrected chi connectivity index (χ1v) is 10.1. The summed E-state index contributed by atoms with van der Waals surface area (Å²) in [6.45, 7) is 13.3. The fraction of sp³-hybridized carbons (Fsp3) is 0.611. The summed E-state index contributed by atoms with van der Waals surface area (Å²) in [5.74, 6) is 0.641. The van der Waals surface area contributed by atoms with Crippen LogP contribution in [0.1, 0.15) is 47.1 Å². The second kappa shape index (κ2) is 8.51. The van der Waals surface area contributed by atoms with E-state index in [9.17, 15) is 8.42 Å². The minimum Gasteiger partial charge on any atom is -0.357 e. The number of nitrogens with one attached hydrogen (secondary N) is 2. The molecule has 0 saturated heterocycles. The number of aliphatic imine (C=N–C) groups is 1. The summed E-state index contributed by atoms with van der Waals surface area (Å²) in [5, 5.41) is 6.28. The Kier molecular flexibility index (Phi) is 7.27. The molecule has 1 aromatic carbocycles. The van der Waals surface area contributed by atoms with E-state index in [0.717, 1.165) is 12.1 Å². The first kappa shape index (κ1) is 20.5. The fourth-order valence-electron chi connectivity index (χ4n) is 2.15. The second-order valence-electron chi connectivity index (χ2n) is 7.15. The standard InChI is InChI=1S/C18H31N3O2S/c1-7-19-17(21-14(2)3)20-12-13-24(22,23)16-10-8-15(9-11-16)18(4,5)6/h8-11,14H,7,12-13H2,1-6H3,(H2,19,20,21). The molecule has 0 fully saturated rings. The number of guanidine groups is 1. The predicted octanol–water partition coefficient (Wildman–Crippen LogP) is 2.72. The van der Waals surface area contributed by atoms with Gasteiger partial charge in [0.15, 0.2) is 15.8 Å². The minimum absolute atomic E-state index is 0.00344. The molecule has 0 aliphatic rings. The van der Waals surface area contributed by atoms with E-state index in [1.807, 2.05) is 32.9 Å². The van der Waals surface area contributed by atoms with Crippen LogP contribution in [0.25, 0.3) is 0 Å². The summed E-state index contributed by atoms with van der Waals surface area (Å²) in [4.78, 5) is 4.69. The zero-order valence-corrected chi connectivity index (χ0v) is 16.5. The van der Waals surface area contributed by atoms with Crippen LogP contribution < -0.4 is 10.6 Å². The minimum atomic E-state index is -3.32. The molecule has 6 heteroatoms. The fourth-order valence-corrected chi connectivity index (χ4v) is 3.27. The number of hydrogen-bond acceptors (Lipinski definition) is 3. The molecule has 0 saturated carbocycles. The van der Waals surface area contributed by atoms with Crippen molar-refractivity contribution in [1.29, 1.82) is 0 Å². The van der Waals surface area contributed by atoms with E-state index in [0.29, 0.717) is 10.9 Å². The van der Waals surface area contributed by atoms with Crippen molar-refractivity contribution in [3.63, 3.8) is 0 Å². The van der Waals surface area contributed by atoms with E-state index < -0.39 is 9.84 Å². The number of benzene rings is 1. The largest absolute Gasteiger partial charge is 0.357 e. The van der Waals surface area contributed by atoms with Gasteiger partial charge >= 0.3 is 0 Å². The van der Waals surface area contributed by atoms with Crippen molar-refractivity contribution in [3.05, 3.63) is 29.8 Å². The van der Waals surface area contributed by atoms with Gasteiger partial charge in [-0.15, -0.1) is 0 Å². The lowest BCUT2D eigenvalue weighted by Crippen LogP contribution is -2.41. The van der Waals surface area contributed by atoms with Gasteiger partial charge in [0.1, 0.15) is 0 Å². The van der Waals surface area contributed by atoms with Gasteiger partial charge in [0.25, 0.3) is 0 Å². The predicted molar refractivity (Wildman–Crippen MR) is 101 cm³/mol. The van der Waals surface area contributed by atoms with Gasteiger partial charge < -0.3 is 10.6 Å². The molecule has 136 valence electrons. The quantitative estimate of drug-likeness (QED) is 0.609. The number of rotatable bonds is 6. The summed E-state index contributed by atoms with van der Waals surface area (Å²) in [6, 6.07) is 7.40. The Hall–Kier alpha value is -1.56. The number of nitrogens with zero attached hydrogens (tertiary/aromatic N) is 1. The van der Waals surface area contributed by atoms with Crippen LogP contribution in [-0.4, -0.2) is 39.3 Å². The van der Waals surface area contributed by atoms with Crippen molar-refractivity contribution >= 4 is 15.8 Å². The number of sulfone groups is 1. The van der Waals surface area contributed by atoms with Gasteiger partial charge in [-0.05, 0) is 43.9 Å². The maximum atomic E-state index is 12.4. The van der Waals surface area contributed by atoms with Gasteiger partial charge in [0, 0.05) is 12.6 Å². The molecular weight excluding hydrogens is 322 g/mol. The van der Waals surface area contributed by atoms with E-state index in [1.165, 1.54) is 0 Å². The smallest absolute Gasteiger partial charge is 0.191 e. The van der Waals surface area contributed by atoms with Crippen LogP contribution in [0.4, 0.5) is 0 Å². The molecule has 0 aliphatic carbocycles. The van der Waals surface area contributed by atoms with Gasteiger partial charge in [-0.3, -0.25) is 4.99 Å². The van der Waals surface area contributed by atoms with E-state index in [-0.39, 0.29) is 23.8 Å². The molecule has 0 amide bonds. The monoisotopic (exact) mass is 353 g/mol. The van der Waals surface area contributed by atoms with Crippen LogP contribution in [0.2, 0.25) is 0 Å². The molecule has 0 radical (unpaired) electrons. The maximum absolute atomic E-state index is 12.4. The molecule has 0 bridgehead atoms. The van der Waals surface area contributed by atoms with Gasteiger partial charge in [0.2, 0.25) is 0 Å². The van der Waals surface area contributed by atoms with Crippen LogP contribution >= 0.6 is 0 Å². The molecule has 1 rings (SSSR count). The summed E-state index contributed by atoms with van der Waals surface area (Å²) in [6.07, 6.45) is 0. The molecule has 1 aromatic rings. The van der Waals surface area contributed by atoms with Crippen molar-refractivity contribution in [1.82, 2.24) is 10.6 Å². The molecular formula is C18H31N3O2S. The Morgan fingerprint density at radius 1 is 1.17 bits per heavy atom. The number of hydrogen-bond donors (Lipinski definition) is 2. The Labute approximate surface area is 146 Å². The third-order valence-electron chi connectivity index (χ3n) is 3.48. The second-order valence-corrected chi connectivity index (χ2v) is 9.26. The highest BCUT2D eigenvalue weighted by Gasteiger charge is 2.17. The molecule has 0 aromatic heterocycles. The SMILES string of the molecule is CCNC(=NCCS(=O)(=O)c1ccc(C(C)(C)C)cc1)NC(C)C. The highest BCUT2D eigenvalue weighted by atomic mass is 32.2. The van der Waals surface area contributed by atoms with Crippen molar-refractivity contribution in [2.45, 2.75) is 57.9 Å². The zero-order valence-electron chi connectivity index (χ0n) is 15.7. The van der Waals surface area contributed by atoms with Gasteiger partial charge in [-0.1, -0.05) is 32.9 Å². The summed E-state index contributed by atoms with van der Waals surface area (Å²) >= 11 is 0. The summed E-state index contributed by atoms with van der Waals surface area (Å²) in [7, 11) is -3.32. The van der Waals surface area contributed by atoms with Crippen molar-refractivity contribution < 1.29 is 8.42 Å². The Morgan fingerprint density at radius 2 is 1.75 bits per heavy atom. The Morgan fingerprint density at radius 3 is 2.21 bits per heavy atom. The lowest BCUT2D eigenvalue weighted by molar-refractivity contribution is 0.586. The molecule has 2 N–H and O–H groups in total. The third kappa shape index (κ3) is 6.51. The van der Waals surface area contributed by atoms with Crippen molar-refractivity contribution in [2.75, 3.05) is 18.8 Å². The van der Waals surface area contributed by atoms with Crippen LogP contribution in [0.3, 0.4) is 0 Å². The van der Waals surface area contributed by atoms with E-state index in [1.54, 1.807) is 12.1 Å².